The molecule has 13 heavy (non-hydrogen) atoms. The van der Waals surface area contributed by atoms with E-state index in [1.54, 1.807) is 0 Å². The van der Waals surface area contributed by atoms with Crippen molar-refractivity contribution in [1.29, 1.82) is 0 Å². The van der Waals surface area contributed by atoms with Gasteiger partial charge in [0.15, 0.2) is 0 Å². The van der Waals surface area contributed by atoms with Gasteiger partial charge in [0.1, 0.15) is 0 Å². The molecule has 3 atom stereocenters. The van der Waals surface area contributed by atoms with Crippen LogP contribution in [0.2, 0.25) is 0 Å². The van der Waals surface area contributed by atoms with Gasteiger partial charge in [-0.25, -0.2) is 0 Å². The lowest BCUT2D eigenvalue weighted by Gasteiger charge is -2.24. The second-order valence-electron chi connectivity index (χ2n) is 3.04. The van der Waals surface area contributed by atoms with Crippen LogP contribution in [0.5, 0.6) is 0 Å². The summed E-state index contributed by atoms with van der Waals surface area (Å²) in [7, 11) is 0. The minimum Gasteiger partial charge on any atom is -0.269 e. The lowest BCUT2D eigenvalue weighted by atomic mass is 9.95. The molecule has 0 bridgehead atoms. The second-order valence-corrected chi connectivity index (χ2v) is 3.04. The van der Waals surface area contributed by atoms with Crippen LogP contribution in [0.3, 0.4) is 0 Å². The zero-order chi connectivity index (χ0) is 12.6. The predicted octanol–water partition coefficient (Wildman–Crippen LogP) is 1.74. The highest BCUT2D eigenvalue weighted by Crippen LogP contribution is 2.26. The van der Waals surface area contributed by atoms with E-state index in [1.165, 1.54) is 11.1 Å². The van der Waals surface area contributed by atoms with Crippen LogP contribution in [0.15, 0.2) is 22.5 Å². The van der Waals surface area contributed by atoms with Crippen LogP contribution >= 0.6 is 0 Å². The summed E-state index contributed by atoms with van der Waals surface area (Å²) in [5, 5.41) is 4.07. The monoisotopic (exact) mass is 183 g/mol. The minimum atomic E-state index is -1.60. The van der Waals surface area contributed by atoms with Crippen molar-refractivity contribution in [3.8, 4) is 0 Å². The largest absolute Gasteiger partial charge is 0.269 e. The number of nitroso groups, excluding NO2 is 1. The van der Waals surface area contributed by atoms with Gasteiger partial charge in [-0.15, -0.1) is 4.91 Å². The van der Waals surface area contributed by atoms with Gasteiger partial charge < -0.3 is 0 Å². The summed E-state index contributed by atoms with van der Waals surface area (Å²) < 4.78 is 31.2. The summed E-state index contributed by atoms with van der Waals surface area (Å²) in [6.07, 6.45) is 0.934. The van der Waals surface area contributed by atoms with Gasteiger partial charge in [-0.2, -0.15) is 0 Å². The van der Waals surface area contributed by atoms with Crippen molar-refractivity contribution >= 4 is 6.19 Å². The van der Waals surface area contributed by atoms with E-state index in [4.69, 9.17) is 5.48 Å². The maximum Gasteiger partial charge on any atom is 0.0836 e. The second kappa shape index (κ2) is 3.68. The molecule has 2 aliphatic rings. The molecular formula is C9H13N3O. The molecule has 0 spiro atoms. The number of hydrogen-bond donors (Lipinski definition) is 0. The number of rotatable bonds is 2. The first-order valence-corrected chi connectivity index (χ1v) is 4.26. The third-order valence-corrected chi connectivity index (χ3v) is 2.28. The van der Waals surface area contributed by atoms with Gasteiger partial charge in [-0.1, -0.05) is 6.08 Å². The molecule has 2 rings (SSSR count). The Labute approximate surface area is 82.9 Å². The van der Waals surface area contributed by atoms with Crippen LogP contribution < -0.4 is 0 Å². The Morgan fingerprint density at radius 2 is 2.77 bits per heavy atom. The molecule has 0 aromatic carbocycles. The fourth-order valence-electron chi connectivity index (χ4n) is 1.65. The first-order valence-electron chi connectivity index (χ1n) is 6.34. The van der Waals surface area contributed by atoms with E-state index in [0.29, 0.717) is 19.4 Å². The third-order valence-electron chi connectivity index (χ3n) is 2.28. The van der Waals surface area contributed by atoms with Crippen molar-refractivity contribution in [3.63, 3.8) is 0 Å². The molecule has 2 heterocycles. The van der Waals surface area contributed by atoms with Gasteiger partial charge in [0.25, 0.3) is 0 Å². The molecule has 0 aliphatic carbocycles. The highest BCUT2D eigenvalue weighted by Gasteiger charge is 2.30. The topological polar surface area (TPSA) is 45.0 Å². The SMILES string of the molecule is [2H]C1=CC([2H])C([2H])(C2CCCN2N=O)C([2H])=N1. The zero-order valence-electron chi connectivity index (χ0n) is 11.1. The van der Waals surface area contributed by atoms with Crippen molar-refractivity contribution < 1.29 is 5.48 Å². The molecule has 0 aromatic heterocycles. The first-order chi connectivity index (χ1) is 8.00. The van der Waals surface area contributed by atoms with E-state index < -0.39 is 18.3 Å². The van der Waals surface area contributed by atoms with Crippen molar-refractivity contribution in [3.05, 3.63) is 17.2 Å². The Balaban J connectivity index is 2.35. The summed E-state index contributed by atoms with van der Waals surface area (Å²) in [6, 6.07) is -0.594. The van der Waals surface area contributed by atoms with Crippen molar-refractivity contribution in [2.45, 2.75) is 25.3 Å². The smallest absolute Gasteiger partial charge is 0.0836 e. The Hall–Kier alpha value is -1.19. The average molecular weight is 183 g/mol. The molecule has 3 unspecified atom stereocenters. The Kier molecular flexibility index (Phi) is 1.38. The number of hydrogen-bond acceptors (Lipinski definition) is 3. The number of nitrogens with zero attached hydrogens (tertiary/aromatic N) is 3. The summed E-state index contributed by atoms with van der Waals surface area (Å²) in [6.45, 7) is 0.451. The number of allylic oxidation sites excluding steroid dienone is 1. The Bertz CT molecular complexity index is 400. The lowest BCUT2D eigenvalue weighted by molar-refractivity contribution is 0.227. The molecule has 1 saturated heterocycles. The molecule has 70 valence electrons. The van der Waals surface area contributed by atoms with E-state index in [2.05, 4.69) is 10.3 Å². The minimum absolute atomic E-state index is 0.165. The maximum absolute atomic E-state index is 10.7. The predicted molar refractivity (Wildman–Crippen MR) is 51.3 cm³/mol. The highest BCUT2D eigenvalue weighted by molar-refractivity contribution is 5.64. The van der Waals surface area contributed by atoms with Gasteiger partial charge in [-0.3, -0.25) is 10.0 Å². The van der Waals surface area contributed by atoms with Crippen LogP contribution in [0.4, 0.5) is 0 Å². The van der Waals surface area contributed by atoms with E-state index in [0.717, 1.165) is 0 Å². The Morgan fingerprint density at radius 3 is 3.54 bits per heavy atom. The molecule has 0 amide bonds. The molecule has 4 heteroatoms. The normalized spacial score (nSPS) is 49.7. The molecule has 4 nitrogen and oxygen atoms in total. The molecular weight excluding hydrogens is 166 g/mol. The summed E-state index contributed by atoms with van der Waals surface area (Å²) in [4.78, 5) is 14.3. The van der Waals surface area contributed by atoms with E-state index in [9.17, 15) is 4.91 Å². The standard InChI is InChI=1S/C9H13N3O/c13-11-12-6-2-4-9(12)8-3-1-5-10-7-8/h1,5,7-9H,2-4,6H2/i3D,5D,7D,8D. The van der Waals surface area contributed by atoms with Gasteiger partial charge >= 0.3 is 0 Å². The molecule has 1 fully saturated rings. The lowest BCUT2D eigenvalue weighted by Crippen LogP contribution is -2.32. The van der Waals surface area contributed by atoms with Crippen LogP contribution in [0.1, 0.15) is 24.7 Å². The Morgan fingerprint density at radius 1 is 1.85 bits per heavy atom. The number of aliphatic imine (C=N–C) groups is 1. The quantitative estimate of drug-likeness (QED) is 0.612. The van der Waals surface area contributed by atoms with E-state index >= 15 is 0 Å². The van der Waals surface area contributed by atoms with Crippen LogP contribution in [-0.4, -0.2) is 23.8 Å². The highest BCUT2D eigenvalue weighted by atomic mass is 16.3. The van der Waals surface area contributed by atoms with Crippen LogP contribution in [0.25, 0.3) is 0 Å². The summed E-state index contributed by atoms with van der Waals surface area (Å²) in [5.74, 6) is -1.60. The van der Waals surface area contributed by atoms with Gasteiger partial charge in [0.2, 0.25) is 0 Å². The van der Waals surface area contributed by atoms with Crippen molar-refractivity contribution in [1.82, 2.24) is 5.01 Å². The van der Waals surface area contributed by atoms with Gasteiger partial charge in [0, 0.05) is 27.5 Å². The fraction of sp³-hybridized carbons (Fsp3) is 0.667. The summed E-state index contributed by atoms with van der Waals surface area (Å²) in [5.41, 5.74) is 0. The van der Waals surface area contributed by atoms with Gasteiger partial charge in [0.05, 0.1) is 14.1 Å². The summed E-state index contributed by atoms with van der Waals surface area (Å²) >= 11 is 0. The van der Waals surface area contributed by atoms with Crippen LogP contribution in [-0.2, 0) is 0 Å². The zero-order valence-corrected chi connectivity index (χ0v) is 7.10. The molecule has 0 aromatic rings. The van der Waals surface area contributed by atoms with Crippen molar-refractivity contribution in [2.75, 3.05) is 6.54 Å². The van der Waals surface area contributed by atoms with Crippen LogP contribution in [0, 0.1) is 10.8 Å². The maximum atomic E-state index is 10.7. The van der Waals surface area contributed by atoms with E-state index in [1.807, 2.05) is 0 Å². The molecule has 0 N–H and O–H groups in total. The van der Waals surface area contributed by atoms with Gasteiger partial charge in [-0.05, 0) is 19.2 Å². The molecule has 2 aliphatic heterocycles. The molecule has 0 radical (unpaired) electrons. The van der Waals surface area contributed by atoms with E-state index in [-0.39, 0.29) is 12.4 Å². The fourth-order valence-corrected chi connectivity index (χ4v) is 1.65. The van der Waals surface area contributed by atoms with Crippen molar-refractivity contribution in [2.24, 2.45) is 16.2 Å². The average Bonchev–Trinajstić information content (AvgIpc) is 2.74. The third kappa shape index (κ3) is 1.61. The molecule has 0 saturated carbocycles. The first kappa shape index (κ1) is 4.88.